The van der Waals surface area contributed by atoms with Gasteiger partial charge in [-0.2, -0.15) is 10.2 Å². The number of aryl methyl sites for hydroxylation is 2. The van der Waals surface area contributed by atoms with E-state index in [-0.39, 0.29) is 24.6 Å². The molecule has 1 atom stereocenters. The summed E-state index contributed by atoms with van der Waals surface area (Å²) in [6, 6.07) is 3.71. The van der Waals surface area contributed by atoms with Crippen LogP contribution in [0.3, 0.4) is 0 Å². The van der Waals surface area contributed by atoms with E-state index in [1.54, 1.807) is 35.8 Å². The Morgan fingerprint density at radius 1 is 1.18 bits per heavy atom. The number of aromatic nitrogens is 6. The number of carbonyl (C=O) groups is 1. The highest BCUT2D eigenvalue weighted by Crippen LogP contribution is 2.16. The van der Waals surface area contributed by atoms with Crippen molar-refractivity contribution < 1.29 is 9.53 Å². The second kappa shape index (κ2) is 8.55. The fraction of sp³-hybridized carbons (Fsp3) is 0.368. The molecule has 0 saturated carbocycles. The van der Waals surface area contributed by atoms with Gasteiger partial charge in [-0.1, -0.05) is 0 Å². The van der Waals surface area contributed by atoms with E-state index in [0.29, 0.717) is 17.9 Å². The van der Waals surface area contributed by atoms with Gasteiger partial charge in [0.15, 0.2) is 5.69 Å². The Hall–Kier alpha value is -3.36. The summed E-state index contributed by atoms with van der Waals surface area (Å²) in [5.74, 6) is -0.209. The molecule has 0 bridgehead atoms. The van der Waals surface area contributed by atoms with Gasteiger partial charge >= 0.3 is 6.01 Å². The van der Waals surface area contributed by atoms with Crippen LogP contribution in [0.4, 0.5) is 0 Å². The van der Waals surface area contributed by atoms with Crippen LogP contribution in [0, 0.1) is 13.8 Å². The molecule has 0 saturated heterocycles. The monoisotopic (exact) mass is 381 g/mol. The quantitative estimate of drug-likeness (QED) is 0.617. The summed E-state index contributed by atoms with van der Waals surface area (Å²) in [6.45, 7) is 8.35. The number of pyridine rings is 1. The van der Waals surface area contributed by atoms with Crippen molar-refractivity contribution in [1.82, 2.24) is 34.8 Å². The number of carbonyl (C=O) groups excluding carboxylic acids is 1. The van der Waals surface area contributed by atoms with Crippen LogP contribution in [0.25, 0.3) is 5.69 Å². The van der Waals surface area contributed by atoms with E-state index in [0.717, 1.165) is 11.3 Å². The molecule has 9 heteroatoms. The van der Waals surface area contributed by atoms with Crippen molar-refractivity contribution in [3.63, 3.8) is 0 Å². The fourth-order valence-corrected chi connectivity index (χ4v) is 2.74. The molecule has 0 radical (unpaired) electrons. The van der Waals surface area contributed by atoms with E-state index in [1.807, 2.05) is 33.8 Å². The maximum atomic E-state index is 13.2. The first-order valence-electron chi connectivity index (χ1n) is 9.06. The number of hydrogen-bond donors (Lipinski definition) is 0. The van der Waals surface area contributed by atoms with Gasteiger partial charge in [0, 0.05) is 24.6 Å². The van der Waals surface area contributed by atoms with Crippen molar-refractivity contribution >= 4 is 5.91 Å². The zero-order valence-corrected chi connectivity index (χ0v) is 16.4. The number of rotatable bonds is 7. The normalized spacial score (nSPS) is 11.9. The van der Waals surface area contributed by atoms with E-state index in [2.05, 4.69) is 25.1 Å². The van der Waals surface area contributed by atoms with Crippen molar-refractivity contribution in [3.05, 3.63) is 53.9 Å². The van der Waals surface area contributed by atoms with E-state index in [4.69, 9.17) is 4.74 Å². The van der Waals surface area contributed by atoms with Crippen molar-refractivity contribution in [2.24, 2.45) is 0 Å². The lowest BCUT2D eigenvalue weighted by Crippen LogP contribution is -2.42. The predicted octanol–water partition coefficient (Wildman–Crippen LogP) is 2.00. The Bertz CT molecular complexity index is 926. The highest BCUT2D eigenvalue weighted by Gasteiger charge is 2.25. The van der Waals surface area contributed by atoms with Gasteiger partial charge in [-0.05, 0) is 45.4 Å². The Labute approximate surface area is 163 Å². The lowest BCUT2D eigenvalue weighted by atomic mass is 10.2. The molecule has 9 nitrogen and oxygen atoms in total. The minimum absolute atomic E-state index is 0.205. The maximum Gasteiger partial charge on any atom is 0.316 e. The highest BCUT2D eigenvalue weighted by molar-refractivity contribution is 5.96. The lowest BCUT2D eigenvalue weighted by molar-refractivity contribution is 0.0636. The average Bonchev–Trinajstić information content (AvgIpc) is 3.22. The molecule has 0 aliphatic heterocycles. The Kier molecular flexibility index (Phi) is 5.93. The van der Waals surface area contributed by atoms with Gasteiger partial charge in [0.25, 0.3) is 5.91 Å². The van der Waals surface area contributed by atoms with Crippen LogP contribution in [0.2, 0.25) is 0 Å². The van der Waals surface area contributed by atoms with Crippen molar-refractivity contribution in [1.29, 1.82) is 0 Å². The lowest BCUT2D eigenvalue weighted by Gasteiger charge is -2.28. The molecule has 0 fully saturated rings. The molecule has 0 N–H and O–H groups in total. The molecule has 146 valence electrons. The van der Waals surface area contributed by atoms with Crippen LogP contribution in [0.1, 0.15) is 35.6 Å². The molecule has 3 aromatic heterocycles. The van der Waals surface area contributed by atoms with Crippen LogP contribution < -0.4 is 4.74 Å². The van der Waals surface area contributed by atoms with E-state index in [9.17, 15) is 4.79 Å². The van der Waals surface area contributed by atoms with Gasteiger partial charge in [0.2, 0.25) is 0 Å². The van der Waals surface area contributed by atoms with E-state index >= 15 is 0 Å². The molecule has 3 aromatic rings. The second-order valence-electron chi connectivity index (χ2n) is 6.43. The van der Waals surface area contributed by atoms with Crippen molar-refractivity contribution in [2.75, 3.05) is 13.2 Å². The average molecular weight is 381 g/mol. The summed E-state index contributed by atoms with van der Waals surface area (Å²) in [4.78, 5) is 29.1. The summed E-state index contributed by atoms with van der Waals surface area (Å²) in [5, 5.41) is 8.25. The topological polar surface area (TPSA) is 98.9 Å². The molecule has 0 aromatic carbocycles. The van der Waals surface area contributed by atoms with Crippen LogP contribution in [-0.4, -0.2) is 59.9 Å². The number of amides is 1. The van der Waals surface area contributed by atoms with Crippen LogP contribution in [0.5, 0.6) is 6.01 Å². The summed E-state index contributed by atoms with van der Waals surface area (Å²) in [6.07, 6.45) is 6.50. The summed E-state index contributed by atoms with van der Waals surface area (Å²) >= 11 is 0. The van der Waals surface area contributed by atoms with Gasteiger partial charge in [-0.15, -0.1) is 4.80 Å². The highest BCUT2D eigenvalue weighted by atomic mass is 16.5. The summed E-state index contributed by atoms with van der Waals surface area (Å²) < 4.78 is 5.65. The molecule has 0 aliphatic carbocycles. The van der Waals surface area contributed by atoms with Crippen LogP contribution in [-0.2, 0) is 0 Å². The Morgan fingerprint density at radius 2 is 1.86 bits per heavy atom. The predicted molar refractivity (Wildman–Crippen MR) is 102 cm³/mol. The van der Waals surface area contributed by atoms with Crippen molar-refractivity contribution in [3.8, 4) is 11.7 Å². The minimum Gasteiger partial charge on any atom is -0.461 e. The Morgan fingerprint density at radius 3 is 2.50 bits per heavy atom. The van der Waals surface area contributed by atoms with Gasteiger partial charge < -0.3 is 9.64 Å². The van der Waals surface area contributed by atoms with Gasteiger partial charge in [-0.3, -0.25) is 4.79 Å². The van der Waals surface area contributed by atoms with Crippen LogP contribution in [0.15, 0.2) is 36.9 Å². The molecular weight excluding hydrogens is 358 g/mol. The van der Waals surface area contributed by atoms with E-state index < -0.39 is 0 Å². The smallest absolute Gasteiger partial charge is 0.316 e. The first-order valence-corrected chi connectivity index (χ1v) is 9.06. The molecule has 1 amide bonds. The van der Waals surface area contributed by atoms with Gasteiger partial charge in [0.05, 0.1) is 18.4 Å². The first kappa shape index (κ1) is 19.4. The molecule has 3 heterocycles. The Balaban J connectivity index is 1.79. The molecule has 3 rings (SSSR count). The number of nitrogens with zero attached hydrogens (tertiary/aromatic N) is 7. The minimum atomic E-state index is -0.209. The molecule has 0 unspecified atom stereocenters. The zero-order chi connectivity index (χ0) is 20.1. The summed E-state index contributed by atoms with van der Waals surface area (Å²) in [7, 11) is 0. The van der Waals surface area contributed by atoms with Gasteiger partial charge in [0.1, 0.15) is 12.3 Å². The fourth-order valence-electron chi connectivity index (χ4n) is 2.74. The third kappa shape index (κ3) is 4.30. The number of likely N-dealkylation sites (N-methyl/N-ethyl adjacent to an activating group) is 1. The number of ether oxygens (including phenoxy) is 1. The number of hydrogen-bond acceptors (Lipinski definition) is 7. The van der Waals surface area contributed by atoms with E-state index in [1.165, 1.54) is 4.80 Å². The van der Waals surface area contributed by atoms with Crippen molar-refractivity contribution in [2.45, 2.75) is 33.7 Å². The standard InChI is InChI=1S/C19H23N7O2/c1-5-25(15(4)12-28-19-20-10-13(2)11-21-19)18(27)17-16(7-6-14(3)24-17)26-22-8-9-23-26/h6-11,15H,5,12H2,1-4H3/t15-/m0/s1. The maximum absolute atomic E-state index is 13.2. The molecule has 0 aliphatic rings. The zero-order valence-electron chi connectivity index (χ0n) is 16.4. The van der Waals surface area contributed by atoms with Gasteiger partial charge in [-0.25, -0.2) is 15.0 Å². The SMILES string of the molecule is CCN(C(=O)c1nc(C)ccc1-n1nccn1)[C@@H](C)COc1ncc(C)cn1. The molecule has 0 spiro atoms. The summed E-state index contributed by atoms with van der Waals surface area (Å²) in [5.41, 5.74) is 2.54. The van der Waals surface area contributed by atoms with Crippen LogP contribution >= 0.6 is 0 Å². The second-order valence-corrected chi connectivity index (χ2v) is 6.43. The molecule has 28 heavy (non-hydrogen) atoms. The third-order valence-electron chi connectivity index (χ3n) is 4.19. The molecular formula is C19H23N7O2. The third-order valence-corrected chi connectivity index (χ3v) is 4.19. The first-order chi connectivity index (χ1) is 13.5. The largest absolute Gasteiger partial charge is 0.461 e.